The Bertz CT molecular complexity index is 507. The molecule has 0 aliphatic carbocycles. The SMILES string of the molecule is CCN1CCC(NC(=O)c2ccc3c(c2)CNCC3)CC1. The first-order valence-electron chi connectivity index (χ1n) is 8.12. The van der Waals surface area contributed by atoms with Crippen LogP contribution in [0.1, 0.15) is 41.3 Å². The molecule has 1 fully saturated rings. The normalized spacial score (nSPS) is 20.0. The Balaban J connectivity index is 1.60. The fourth-order valence-electron chi connectivity index (χ4n) is 3.28. The van der Waals surface area contributed by atoms with Gasteiger partial charge in [-0.3, -0.25) is 4.79 Å². The molecular formula is C17H25N3O. The van der Waals surface area contributed by atoms with Crippen molar-refractivity contribution in [1.82, 2.24) is 15.5 Å². The second-order valence-electron chi connectivity index (χ2n) is 6.09. The minimum atomic E-state index is 0.0818. The number of hydrogen-bond acceptors (Lipinski definition) is 3. The van der Waals surface area contributed by atoms with Crippen molar-refractivity contribution in [2.45, 2.75) is 38.8 Å². The summed E-state index contributed by atoms with van der Waals surface area (Å²) in [6.45, 7) is 7.41. The molecular weight excluding hydrogens is 262 g/mol. The lowest BCUT2D eigenvalue weighted by atomic mass is 9.98. The molecule has 0 aromatic heterocycles. The van der Waals surface area contributed by atoms with Crippen LogP contribution in [-0.4, -0.2) is 43.0 Å². The van der Waals surface area contributed by atoms with Gasteiger partial charge in [0.1, 0.15) is 0 Å². The van der Waals surface area contributed by atoms with Crippen molar-refractivity contribution >= 4 is 5.91 Å². The van der Waals surface area contributed by atoms with Crippen molar-refractivity contribution in [1.29, 1.82) is 0 Å². The van der Waals surface area contributed by atoms with Gasteiger partial charge in [0.15, 0.2) is 0 Å². The van der Waals surface area contributed by atoms with Crippen LogP contribution >= 0.6 is 0 Å². The highest BCUT2D eigenvalue weighted by Gasteiger charge is 2.20. The summed E-state index contributed by atoms with van der Waals surface area (Å²) in [5.74, 6) is 0.0818. The molecule has 0 radical (unpaired) electrons. The van der Waals surface area contributed by atoms with Gasteiger partial charge < -0.3 is 15.5 Å². The lowest BCUT2D eigenvalue weighted by molar-refractivity contribution is 0.0912. The number of nitrogens with one attached hydrogen (secondary N) is 2. The number of carbonyl (C=O) groups excluding carboxylic acids is 1. The van der Waals surface area contributed by atoms with Crippen LogP contribution in [-0.2, 0) is 13.0 Å². The van der Waals surface area contributed by atoms with E-state index >= 15 is 0 Å². The van der Waals surface area contributed by atoms with Crippen LogP contribution in [0.2, 0.25) is 0 Å². The van der Waals surface area contributed by atoms with E-state index < -0.39 is 0 Å². The molecule has 2 aliphatic rings. The van der Waals surface area contributed by atoms with Gasteiger partial charge >= 0.3 is 0 Å². The summed E-state index contributed by atoms with van der Waals surface area (Å²) in [6.07, 6.45) is 3.19. The largest absolute Gasteiger partial charge is 0.349 e. The van der Waals surface area contributed by atoms with Gasteiger partial charge in [-0.1, -0.05) is 13.0 Å². The molecule has 0 saturated carbocycles. The zero-order chi connectivity index (χ0) is 14.7. The van der Waals surface area contributed by atoms with E-state index in [2.05, 4.69) is 34.6 Å². The van der Waals surface area contributed by atoms with Crippen molar-refractivity contribution in [3.8, 4) is 0 Å². The number of likely N-dealkylation sites (tertiary alicyclic amines) is 1. The summed E-state index contributed by atoms with van der Waals surface area (Å²) >= 11 is 0. The minimum Gasteiger partial charge on any atom is -0.349 e. The molecule has 2 N–H and O–H groups in total. The summed E-state index contributed by atoms with van der Waals surface area (Å²) in [5.41, 5.74) is 3.45. The first-order valence-corrected chi connectivity index (χ1v) is 8.12. The molecule has 1 aromatic rings. The highest BCUT2D eigenvalue weighted by Crippen LogP contribution is 2.17. The van der Waals surface area contributed by atoms with E-state index in [-0.39, 0.29) is 5.91 Å². The van der Waals surface area contributed by atoms with Crippen molar-refractivity contribution in [3.05, 3.63) is 34.9 Å². The van der Waals surface area contributed by atoms with Crippen LogP contribution in [0.3, 0.4) is 0 Å². The second-order valence-corrected chi connectivity index (χ2v) is 6.09. The van der Waals surface area contributed by atoms with Crippen LogP contribution in [0.4, 0.5) is 0 Å². The van der Waals surface area contributed by atoms with Crippen molar-refractivity contribution in [2.24, 2.45) is 0 Å². The standard InChI is InChI=1S/C17H25N3O/c1-2-20-9-6-16(7-10-20)19-17(21)14-4-3-13-5-8-18-12-15(13)11-14/h3-4,11,16,18H,2,5-10,12H2,1H3,(H,19,21). The second kappa shape index (κ2) is 6.58. The Morgan fingerprint density at radius 2 is 2.14 bits per heavy atom. The van der Waals surface area contributed by atoms with Crippen LogP contribution in [0.15, 0.2) is 18.2 Å². The fourth-order valence-corrected chi connectivity index (χ4v) is 3.28. The highest BCUT2D eigenvalue weighted by atomic mass is 16.1. The number of fused-ring (bicyclic) bond motifs is 1. The van der Waals surface area contributed by atoms with Gasteiger partial charge in [-0.2, -0.15) is 0 Å². The highest BCUT2D eigenvalue weighted by molar-refractivity contribution is 5.94. The molecule has 4 heteroatoms. The van der Waals surface area contributed by atoms with E-state index in [0.29, 0.717) is 6.04 Å². The Morgan fingerprint density at radius 1 is 1.33 bits per heavy atom. The van der Waals surface area contributed by atoms with E-state index in [1.165, 1.54) is 11.1 Å². The molecule has 1 aromatic carbocycles. The number of amides is 1. The van der Waals surface area contributed by atoms with E-state index in [4.69, 9.17) is 0 Å². The molecule has 4 nitrogen and oxygen atoms in total. The van der Waals surface area contributed by atoms with Gasteiger partial charge in [0.25, 0.3) is 5.91 Å². The maximum atomic E-state index is 12.4. The molecule has 0 spiro atoms. The van der Waals surface area contributed by atoms with Gasteiger partial charge in [-0.05, 0) is 55.6 Å². The summed E-state index contributed by atoms with van der Waals surface area (Å²) < 4.78 is 0. The van der Waals surface area contributed by atoms with Crippen molar-refractivity contribution in [3.63, 3.8) is 0 Å². The maximum Gasteiger partial charge on any atom is 0.251 e. The number of rotatable bonds is 3. The van der Waals surface area contributed by atoms with Gasteiger partial charge in [0, 0.05) is 31.2 Å². The molecule has 3 rings (SSSR count). The average molecular weight is 287 g/mol. The maximum absolute atomic E-state index is 12.4. The van der Waals surface area contributed by atoms with Gasteiger partial charge in [0.05, 0.1) is 0 Å². The van der Waals surface area contributed by atoms with Gasteiger partial charge in [0.2, 0.25) is 0 Å². The lowest BCUT2D eigenvalue weighted by Crippen LogP contribution is -2.44. The Labute approximate surface area is 126 Å². The zero-order valence-electron chi connectivity index (χ0n) is 12.8. The third-order valence-corrected chi connectivity index (χ3v) is 4.73. The molecule has 2 aliphatic heterocycles. The molecule has 0 atom stereocenters. The molecule has 1 amide bonds. The molecule has 1 saturated heterocycles. The summed E-state index contributed by atoms with van der Waals surface area (Å²) in [6, 6.07) is 6.47. The van der Waals surface area contributed by atoms with Crippen LogP contribution in [0, 0.1) is 0 Å². The molecule has 0 unspecified atom stereocenters. The summed E-state index contributed by atoms with van der Waals surface area (Å²) in [4.78, 5) is 14.8. The first-order chi connectivity index (χ1) is 10.3. The molecule has 21 heavy (non-hydrogen) atoms. The fraction of sp³-hybridized carbons (Fsp3) is 0.588. The van der Waals surface area contributed by atoms with E-state index in [1.54, 1.807) is 0 Å². The topological polar surface area (TPSA) is 44.4 Å². The smallest absolute Gasteiger partial charge is 0.251 e. The Hall–Kier alpha value is -1.39. The molecule has 114 valence electrons. The monoisotopic (exact) mass is 287 g/mol. The van der Waals surface area contributed by atoms with E-state index in [1.807, 2.05) is 6.07 Å². The van der Waals surface area contributed by atoms with Gasteiger partial charge in [-0.25, -0.2) is 0 Å². The average Bonchev–Trinajstić information content (AvgIpc) is 2.55. The van der Waals surface area contributed by atoms with Crippen molar-refractivity contribution in [2.75, 3.05) is 26.2 Å². The summed E-state index contributed by atoms with van der Waals surface area (Å²) in [7, 11) is 0. The molecule has 0 bridgehead atoms. The van der Waals surface area contributed by atoms with E-state index in [0.717, 1.165) is 57.5 Å². The first kappa shape index (κ1) is 14.5. The quantitative estimate of drug-likeness (QED) is 0.886. The predicted octanol–water partition coefficient (Wildman–Crippen LogP) is 1.55. The third kappa shape index (κ3) is 3.44. The predicted molar refractivity (Wildman–Crippen MR) is 84.5 cm³/mol. The number of hydrogen-bond donors (Lipinski definition) is 2. The third-order valence-electron chi connectivity index (χ3n) is 4.73. The minimum absolute atomic E-state index is 0.0818. The number of piperidine rings is 1. The number of nitrogens with zero attached hydrogens (tertiary/aromatic N) is 1. The van der Waals surface area contributed by atoms with E-state index in [9.17, 15) is 4.79 Å². The number of benzene rings is 1. The van der Waals surface area contributed by atoms with Gasteiger partial charge in [-0.15, -0.1) is 0 Å². The zero-order valence-corrected chi connectivity index (χ0v) is 12.8. The Kier molecular flexibility index (Phi) is 4.56. The lowest BCUT2D eigenvalue weighted by Gasteiger charge is -2.31. The number of carbonyl (C=O) groups is 1. The summed E-state index contributed by atoms with van der Waals surface area (Å²) in [5, 5.41) is 6.56. The van der Waals surface area contributed by atoms with Crippen LogP contribution < -0.4 is 10.6 Å². The van der Waals surface area contributed by atoms with Crippen molar-refractivity contribution < 1.29 is 4.79 Å². The molecule has 2 heterocycles. The van der Waals surface area contributed by atoms with Crippen LogP contribution in [0.25, 0.3) is 0 Å². The Morgan fingerprint density at radius 3 is 2.90 bits per heavy atom. The van der Waals surface area contributed by atoms with Crippen LogP contribution in [0.5, 0.6) is 0 Å².